The van der Waals surface area contributed by atoms with Crippen molar-refractivity contribution in [3.05, 3.63) is 24.3 Å². The third-order valence-electron chi connectivity index (χ3n) is 5.82. The van der Waals surface area contributed by atoms with Gasteiger partial charge >= 0.3 is 0 Å². The highest BCUT2D eigenvalue weighted by Crippen LogP contribution is 2.44. The van der Waals surface area contributed by atoms with E-state index in [-0.39, 0.29) is 12.0 Å². The molecule has 0 bridgehead atoms. The Hall–Kier alpha value is -1.75. The van der Waals surface area contributed by atoms with Gasteiger partial charge in [-0.15, -0.1) is 0 Å². The summed E-state index contributed by atoms with van der Waals surface area (Å²) in [5.74, 6) is 1.65. The molecule has 0 atom stereocenters. The van der Waals surface area contributed by atoms with Crippen LogP contribution >= 0.6 is 0 Å². The Balaban J connectivity index is 1.40. The fourth-order valence-electron chi connectivity index (χ4n) is 4.05. The molecule has 138 valence electrons. The highest BCUT2D eigenvalue weighted by atomic mass is 16.5. The van der Waals surface area contributed by atoms with Crippen molar-refractivity contribution in [2.75, 3.05) is 26.8 Å². The quantitative estimate of drug-likeness (QED) is 0.889. The van der Waals surface area contributed by atoms with Gasteiger partial charge in [0, 0.05) is 19.2 Å². The van der Waals surface area contributed by atoms with Crippen molar-refractivity contribution < 1.29 is 19.4 Å². The van der Waals surface area contributed by atoms with Crippen molar-refractivity contribution >= 4 is 5.91 Å². The molecule has 1 spiro atoms. The summed E-state index contributed by atoms with van der Waals surface area (Å²) in [6.07, 6.45) is 6.49. The maximum absolute atomic E-state index is 12.4. The second kappa shape index (κ2) is 8.09. The van der Waals surface area contributed by atoms with Crippen molar-refractivity contribution in [1.82, 2.24) is 4.90 Å². The summed E-state index contributed by atoms with van der Waals surface area (Å²) in [7, 11) is 1.62. The van der Waals surface area contributed by atoms with E-state index in [0.29, 0.717) is 18.4 Å². The van der Waals surface area contributed by atoms with E-state index in [2.05, 4.69) is 0 Å². The van der Waals surface area contributed by atoms with E-state index < -0.39 is 0 Å². The van der Waals surface area contributed by atoms with Gasteiger partial charge in [-0.1, -0.05) is 6.07 Å². The van der Waals surface area contributed by atoms with E-state index in [4.69, 9.17) is 9.47 Å². The van der Waals surface area contributed by atoms with Crippen molar-refractivity contribution in [1.29, 1.82) is 0 Å². The van der Waals surface area contributed by atoms with Gasteiger partial charge in [-0.05, 0) is 56.1 Å². The SMILES string of the molecule is COc1cccc(OCCC(=O)N2CCC3(CCC(O)CC3)CC2)c1. The van der Waals surface area contributed by atoms with E-state index >= 15 is 0 Å². The normalized spacial score (nSPS) is 20.5. The number of amides is 1. The summed E-state index contributed by atoms with van der Waals surface area (Å²) >= 11 is 0. The number of piperidine rings is 1. The van der Waals surface area contributed by atoms with E-state index in [1.165, 1.54) is 0 Å². The first kappa shape index (κ1) is 18.1. The third-order valence-corrected chi connectivity index (χ3v) is 5.82. The van der Waals surface area contributed by atoms with Crippen molar-refractivity contribution in [2.45, 2.75) is 51.0 Å². The Morgan fingerprint density at radius 3 is 2.56 bits per heavy atom. The predicted molar refractivity (Wildman–Crippen MR) is 95.8 cm³/mol. The average Bonchev–Trinajstić information content (AvgIpc) is 2.65. The number of aliphatic hydroxyl groups is 1. The highest BCUT2D eigenvalue weighted by molar-refractivity contribution is 5.76. The number of hydrogen-bond donors (Lipinski definition) is 1. The van der Waals surface area contributed by atoms with Gasteiger partial charge in [0.05, 0.1) is 26.2 Å². The fourth-order valence-corrected chi connectivity index (χ4v) is 4.05. The average molecular weight is 347 g/mol. The zero-order valence-corrected chi connectivity index (χ0v) is 15.1. The van der Waals surface area contributed by atoms with Crippen LogP contribution in [-0.4, -0.2) is 48.8 Å². The molecule has 0 aromatic heterocycles. The second-order valence-corrected chi connectivity index (χ2v) is 7.39. The number of likely N-dealkylation sites (tertiary alicyclic amines) is 1. The Kier molecular flexibility index (Phi) is 5.84. The zero-order chi connectivity index (χ0) is 17.7. The van der Waals surface area contributed by atoms with Crippen molar-refractivity contribution in [3.63, 3.8) is 0 Å². The molecule has 2 aliphatic rings. The van der Waals surface area contributed by atoms with Gasteiger partial charge in [0.2, 0.25) is 5.91 Å². The van der Waals surface area contributed by atoms with Crippen LogP contribution in [0.2, 0.25) is 0 Å². The molecule has 5 nitrogen and oxygen atoms in total. The minimum absolute atomic E-state index is 0.112. The number of rotatable bonds is 5. The standard InChI is InChI=1S/C20H29NO4/c1-24-17-3-2-4-18(15-17)25-14-7-19(23)21-12-10-20(11-13-21)8-5-16(22)6-9-20/h2-4,15-16,22H,5-14H2,1H3. The Morgan fingerprint density at radius 1 is 1.20 bits per heavy atom. The van der Waals surface area contributed by atoms with Crippen LogP contribution in [0.4, 0.5) is 0 Å². The molecular weight excluding hydrogens is 318 g/mol. The summed E-state index contributed by atoms with van der Waals surface area (Å²) in [6.45, 7) is 2.07. The van der Waals surface area contributed by atoms with Gasteiger partial charge in [-0.2, -0.15) is 0 Å². The minimum atomic E-state index is -0.112. The molecule has 1 aromatic rings. The van der Waals surface area contributed by atoms with Crippen LogP contribution in [-0.2, 0) is 4.79 Å². The van der Waals surface area contributed by atoms with Crippen molar-refractivity contribution in [3.8, 4) is 11.5 Å². The lowest BCUT2D eigenvalue weighted by atomic mass is 9.67. The van der Waals surface area contributed by atoms with Crippen LogP contribution in [0.15, 0.2) is 24.3 Å². The molecule has 3 rings (SSSR count). The number of ether oxygens (including phenoxy) is 2. The summed E-state index contributed by atoms with van der Waals surface area (Å²) < 4.78 is 10.8. The Labute approximate surface area is 149 Å². The van der Waals surface area contributed by atoms with Crippen molar-refractivity contribution in [2.24, 2.45) is 5.41 Å². The first-order chi connectivity index (χ1) is 12.1. The minimum Gasteiger partial charge on any atom is -0.497 e. The topological polar surface area (TPSA) is 59.0 Å². The molecule has 1 heterocycles. The van der Waals surface area contributed by atoms with Crippen LogP contribution in [0.3, 0.4) is 0 Å². The van der Waals surface area contributed by atoms with Crippen LogP contribution in [0.25, 0.3) is 0 Å². The molecule has 1 saturated heterocycles. The van der Waals surface area contributed by atoms with Gasteiger partial charge in [0.1, 0.15) is 11.5 Å². The van der Waals surface area contributed by atoms with Gasteiger partial charge in [0.15, 0.2) is 0 Å². The molecule has 5 heteroatoms. The second-order valence-electron chi connectivity index (χ2n) is 7.39. The first-order valence-electron chi connectivity index (χ1n) is 9.33. The molecule has 25 heavy (non-hydrogen) atoms. The first-order valence-corrected chi connectivity index (χ1v) is 9.33. The van der Waals surface area contributed by atoms with Gasteiger partial charge in [-0.3, -0.25) is 4.79 Å². The Morgan fingerprint density at radius 2 is 1.88 bits per heavy atom. The lowest BCUT2D eigenvalue weighted by Crippen LogP contribution is -2.45. The summed E-state index contributed by atoms with van der Waals surface area (Å²) in [5, 5.41) is 9.70. The number of carbonyl (C=O) groups is 1. The van der Waals surface area contributed by atoms with E-state index in [9.17, 15) is 9.90 Å². The van der Waals surface area contributed by atoms with Crippen LogP contribution in [0.1, 0.15) is 44.9 Å². The molecule has 1 aromatic carbocycles. The summed E-state index contributed by atoms with van der Waals surface area (Å²) in [4.78, 5) is 14.4. The number of methoxy groups -OCH3 is 1. The van der Waals surface area contributed by atoms with Gasteiger partial charge in [0.25, 0.3) is 0 Å². The maximum Gasteiger partial charge on any atom is 0.225 e. The number of hydrogen-bond acceptors (Lipinski definition) is 4. The molecule has 1 aliphatic heterocycles. The van der Waals surface area contributed by atoms with E-state index in [0.717, 1.165) is 63.1 Å². The van der Waals surface area contributed by atoms with Crippen LogP contribution < -0.4 is 9.47 Å². The zero-order valence-electron chi connectivity index (χ0n) is 15.1. The summed E-state index contributed by atoms with van der Waals surface area (Å²) in [5.41, 5.74) is 0.368. The molecule has 0 radical (unpaired) electrons. The molecule has 1 amide bonds. The largest absolute Gasteiger partial charge is 0.497 e. The highest BCUT2D eigenvalue weighted by Gasteiger charge is 2.38. The summed E-state index contributed by atoms with van der Waals surface area (Å²) in [6, 6.07) is 7.44. The Bertz CT molecular complexity index is 571. The number of carbonyl (C=O) groups excluding carboxylic acids is 1. The van der Waals surface area contributed by atoms with E-state index in [1.54, 1.807) is 7.11 Å². The molecule has 1 aliphatic carbocycles. The molecule has 1 saturated carbocycles. The monoisotopic (exact) mass is 347 g/mol. The molecular formula is C20H29NO4. The third kappa shape index (κ3) is 4.66. The molecule has 1 N–H and O–H groups in total. The number of benzene rings is 1. The lowest BCUT2D eigenvalue weighted by molar-refractivity contribution is -0.134. The van der Waals surface area contributed by atoms with Crippen LogP contribution in [0.5, 0.6) is 11.5 Å². The lowest BCUT2D eigenvalue weighted by Gasteiger charge is -2.45. The smallest absolute Gasteiger partial charge is 0.225 e. The molecule has 2 fully saturated rings. The van der Waals surface area contributed by atoms with Gasteiger partial charge in [-0.25, -0.2) is 0 Å². The van der Waals surface area contributed by atoms with Crippen LogP contribution in [0, 0.1) is 5.41 Å². The predicted octanol–water partition coefficient (Wildman–Crippen LogP) is 3.01. The van der Waals surface area contributed by atoms with E-state index in [1.807, 2.05) is 29.2 Å². The molecule has 0 unspecified atom stereocenters. The van der Waals surface area contributed by atoms with Gasteiger partial charge < -0.3 is 19.5 Å². The fraction of sp³-hybridized carbons (Fsp3) is 0.650. The number of aliphatic hydroxyl groups excluding tert-OH is 1. The number of nitrogens with zero attached hydrogens (tertiary/aromatic N) is 1. The maximum atomic E-state index is 12.4.